The number of fused-ring (bicyclic) bond motifs is 2. The summed E-state index contributed by atoms with van der Waals surface area (Å²) in [7, 11) is 3.77. The van der Waals surface area contributed by atoms with Crippen molar-refractivity contribution in [3.05, 3.63) is 52.6 Å². The second-order valence-electron chi connectivity index (χ2n) is 5.24. The van der Waals surface area contributed by atoms with E-state index in [9.17, 15) is 4.79 Å². The summed E-state index contributed by atoms with van der Waals surface area (Å²) in [5.41, 5.74) is 3.59. The van der Waals surface area contributed by atoms with E-state index < -0.39 is 0 Å². The molecule has 0 saturated heterocycles. The van der Waals surface area contributed by atoms with E-state index in [-0.39, 0.29) is 5.56 Å². The van der Waals surface area contributed by atoms with Crippen LogP contribution in [0.5, 0.6) is 0 Å². The summed E-state index contributed by atoms with van der Waals surface area (Å²) >= 11 is 0. The van der Waals surface area contributed by atoms with Gasteiger partial charge in [-0.05, 0) is 29.8 Å². The largest absolute Gasteiger partial charge is 0.296 e. The highest BCUT2D eigenvalue weighted by molar-refractivity contribution is 5.96. The van der Waals surface area contributed by atoms with Crippen molar-refractivity contribution in [1.82, 2.24) is 9.66 Å². The first-order chi connectivity index (χ1) is 10.1. The topological polar surface area (TPSA) is 49.9 Å². The second-order valence-corrected chi connectivity index (χ2v) is 5.24. The van der Waals surface area contributed by atoms with Crippen LogP contribution in [0.2, 0.25) is 0 Å². The summed E-state index contributed by atoms with van der Waals surface area (Å²) in [6.07, 6.45) is 1.71. The van der Waals surface area contributed by atoms with Crippen LogP contribution in [0.25, 0.3) is 21.7 Å². The molecule has 0 unspecified atom stereocenters. The van der Waals surface area contributed by atoms with Crippen LogP contribution in [0.4, 0.5) is 0 Å². The molecule has 2 aromatic carbocycles. The normalized spacial score (nSPS) is 10.8. The van der Waals surface area contributed by atoms with Crippen molar-refractivity contribution in [1.29, 1.82) is 0 Å². The third kappa shape index (κ3) is 2.38. The molecule has 3 aromatic rings. The fourth-order valence-electron chi connectivity index (χ4n) is 2.31. The highest BCUT2D eigenvalue weighted by atomic mass is 16.1. The molecule has 0 bridgehead atoms. The van der Waals surface area contributed by atoms with Crippen LogP contribution in [0.3, 0.4) is 0 Å². The van der Waals surface area contributed by atoms with Crippen LogP contribution in [0, 0.1) is 6.92 Å². The number of hydrogen-bond donors (Lipinski definition) is 1. The molecule has 0 saturated carbocycles. The lowest BCUT2D eigenvalue weighted by Gasteiger charge is -2.07. The molecule has 1 heterocycles. The molecule has 3 rings (SSSR count). The van der Waals surface area contributed by atoms with Crippen LogP contribution in [-0.4, -0.2) is 34.7 Å². The van der Waals surface area contributed by atoms with Crippen LogP contribution in [0.1, 0.15) is 5.82 Å². The van der Waals surface area contributed by atoms with E-state index in [1.165, 1.54) is 4.68 Å². The number of nitrogens with zero attached hydrogens (tertiary/aromatic N) is 3. The van der Waals surface area contributed by atoms with E-state index in [1.54, 1.807) is 6.34 Å². The van der Waals surface area contributed by atoms with Gasteiger partial charge in [0, 0.05) is 0 Å². The molecule has 0 aliphatic rings. The zero-order valence-corrected chi connectivity index (χ0v) is 12.3. The number of nitrogens with one attached hydrogen (secondary N) is 1. The summed E-state index contributed by atoms with van der Waals surface area (Å²) < 4.78 is 3.29. The predicted octanol–water partition coefficient (Wildman–Crippen LogP) is 1.70. The Kier molecular flexibility index (Phi) is 3.17. The number of hydrogen-bond acceptors (Lipinski definition) is 2. The summed E-state index contributed by atoms with van der Waals surface area (Å²) in [6, 6.07) is 11.8. The molecule has 0 fully saturated rings. The lowest BCUT2D eigenvalue weighted by molar-refractivity contribution is -0.459. The van der Waals surface area contributed by atoms with Gasteiger partial charge in [-0.15, -0.1) is 4.68 Å². The van der Waals surface area contributed by atoms with E-state index in [0.29, 0.717) is 11.2 Å². The molecule has 0 aliphatic carbocycles. The Bertz CT molecular complexity index is 921. The minimum atomic E-state index is -0.0960. The summed E-state index contributed by atoms with van der Waals surface area (Å²) in [5, 5.41) is 2.73. The van der Waals surface area contributed by atoms with Crippen LogP contribution >= 0.6 is 0 Å². The smallest absolute Gasteiger partial charge is 0.272 e. The van der Waals surface area contributed by atoms with Crippen molar-refractivity contribution in [2.45, 2.75) is 6.92 Å². The lowest BCUT2D eigenvalue weighted by Crippen LogP contribution is -2.32. The highest BCUT2D eigenvalue weighted by Gasteiger charge is 2.10. The van der Waals surface area contributed by atoms with Gasteiger partial charge in [-0.1, -0.05) is 24.3 Å². The van der Waals surface area contributed by atoms with Crippen molar-refractivity contribution in [2.75, 3.05) is 19.5 Å². The maximum atomic E-state index is 12.6. The van der Waals surface area contributed by atoms with Crippen LogP contribution < -0.4 is 11.0 Å². The Hall–Kier alpha value is -2.69. The first kappa shape index (κ1) is 13.3. The maximum absolute atomic E-state index is 12.6. The molecule has 0 atom stereocenters. The molecule has 1 aromatic heterocycles. The quantitative estimate of drug-likeness (QED) is 0.337. The van der Waals surface area contributed by atoms with E-state index in [1.807, 2.05) is 62.0 Å². The molecule has 0 aliphatic heterocycles. The minimum Gasteiger partial charge on any atom is -0.272 e. The number of rotatable bonds is 2. The number of benzene rings is 2. The molecule has 5 heteroatoms. The molecule has 106 valence electrons. The standard InChI is InChI=1S/C16H16N4O/c1-11-18-15-9-13-7-5-4-6-12(13)8-14(15)16(21)20(11)17-10-19(2)3/h4-10H,1-3H3/p+1. The summed E-state index contributed by atoms with van der Waals surface area (Å²) in [6.45, 7) is 1.81. The van der Waals surface area contributed by atoms with Gasteiger partial charge in [0.25, 0.3) is 11.9 Å². The SMILES string of the molecule is Cc1nc2cc3ccccc3cc2c(=O)n1NC=[N+](C)C. The van der Waals surface area contributed by atoms with Gasteiger partial charge in [0.1, 0.15) is 5.82 Å². The van der Waals surface area contributed by atoms with E-state index in [2.05, 4.69) is 10.4 Å². The van der Waals surface area contributed by atoms with Gasteiger partial charge in [0.15, 0.2) is 0 Å². The fourth-order valence-corrected chi connectivity index (χ4v) is 2.31. The average molecular weight is 281 g/mol. The Morgan fingerprint density at radius 1 is 1.19 bits per heavy atom. The van der Waals surface area contributed by atoms with E-state index in [0.717, 1.165) is 16.3 Å². The third-order valence-electron chi connectivity index (χ3n) is 3.35. The Morgan fingerprint density at radius 3 is 2.52 bits per heavy atom. The van der Waals surface area contributed by atoms with Gasteiger partial charge in [-0.3, -0.25) is 9.37 Å². The molecule has 5 nitrogen and oxygen atoms in total. The first-order valence-electron chi connectivity index (χ1n) is 6.75. The molecule has 1 N–H and O–H groups in total. The fraction of sp³-hybridized carbons (Fsp3) is 0.188. The zero-order chi connectivity index (χ0) is 15.0. The Labute approximate surface area is 122 Å². The minimum absolute atomic E-state index is 0.0960. The zero-order valence-electron chi connectivity index (χ0n) is 12.3. The average Bonchev–Trinajstić information content (AvgIpc) is 2.45. The van der Waals surface area contributed by atoms with Crippen molar-refractivity contribution < 1.29 is 4.58 Å². The third-order valence-corrected chi connectivity index (χ3v) is 3.35. The summed E-state index contributed by atoms with van der Waals surface area (Å²) in [5.74, 6) is 0.626. The summed E-state index contributed by atoms with van der Waals surface area (Å²) in [4.78, 5) is 17.2. The van der Waals surface area contributed by atoms with Gasteiger partial charge < -0.3 is 0 Å². The van der Waals surface area contributed by atoms with Gasteiger partial charge in [0.05, 0.1) is 25.0 Å². The number of aromatic nitrogens is 2. The Balaban J connectivity index is 2.30. The monoisotopic (exact) mass is 281 g/mol. The van der Waals surface area contributed by atoms with Gasteiger partial charge in [0.2, 0.25) is 0 Å². The van der Waals surface area contributed by atoms with Gasteiger partial charge in [-0.25, -0.2) is 4.98 Å². The van der Waals surface area contributed by atoms with Crippen LogP contribution in [-0.2, 0) is 0 Å². The molecular weight excluding hydrogens is 264 g/mol. The Morgan fingerprint density at radius 2 is 1.86 bits per heavy atom. The molecular formula is C16H17N4O+. The van der Waals surface area contributed by atoms with Crippen molar-refractivity contribution in [2.24, 2.45) is 0 Å². The van der Waals surface area contributed by atoms with Gasteiger partial charge in [-0.2, -0.15) is 5.43 Å². The predicted molar refractivity (Wildman–Crippen MR) is 85.8 cm³/mol. The van der Waals surface area contributed by atoms with E-state index in [4.69, 9.17) is 0 Å². The second kappa shape index (κ2) is 5.01. The van der Waals surface area contributed by atoms with Crippen molar-refractivity contribution in [3.8, 4) is 0 Å². The molecule has 0 radical (unpaired) electrons. The van der Waals surface area contributed by atoms with Crippen LogP contribution in [0.15, 0.2) is 41.2 Å². The molecule has 0 amide bonds. The van der Waals surface area contributed by atoms with Crippen molar-refractivity contribution in [3.63, 3.8) is 0 Å². The molecule has 0 spiro atoms. The number of aryl methyl sites for hydroxylation is 1. The van der Waals surface area contributed by atoms with E-state index >= 15 is 0 Å². The van der Waals surface area contributed by atoms with Crippen molar-refractivity contribution >= 4 is 28.0 Å². The molecule has 21 heavy (non-hydrogen) atoms. The highest BCUT2D eigenvalue weighted by Crippen LogP contribution is 2.19. The first-order valence-corrected chi connectivity index (χ1v) is 6.75. The lowest BCUT2D eigenvalue weighted by atomic mass is 10.1. The van der Waals surface area contributed by atoms with Gasteiger partial charge >= 0.3 is 0 Å². The maximum Gasteiger partial charge on any atom is 0.296 e.